The Labute approximate surface area is 85.4 Å². The van der Waals surface area contributed by atoms with Gasteiger partial charge in [-0.3, -0.25) is 4.79 Å². The maximum atomic E-state index is 10.9. The van der Waals surface area contributed by atoms with E-state index < -0.39 is 0 Å². The van der Waals surface area contributed by atoms with E-state index in [0.29, 0.717) is 12.3 Å². The van der Waals surface area contributed by atoms with Crippen molar-refractivity contribution in [1.82, 2.24) is 5.32 Å². The number of piperidine rings is 1. The topological polar surface area (TPSA) is 29.1 Å². The summed E-state index contributed by atoms with van der Waals surface area (Å²) >= 11 is 0. The minimum Gasteiger partial charge on any atom is -0.355 e. The lowest BCUT2D eigenvalue weighted by Crippen LogP contribution is -2.35. The molecule has 1 heterocycles. The lowest BCUT2D eigenvalue weighted by atomic mass is 9.92. The molecule has 1 fully saturated rings. The zero-order valence-electron chi connectivity index (χ0n) is 8.62. The van der Waals surface area contributed by atoms with Crippen LogP contribution < -0.4 is 5.32 Å². The molecule has 76 valence electrons. The van der Waals surface area contributed by atoms with Crippen LogP contribution in [0.1, 0.15) is 19.8 Å². The highest BCUT2D eigenvalue weighted by atomic mass is 16.1. The summed E-state index contributed by atoms with van der Waals surface area (Å²) in [5.74, 6) is 0.570. The lowest BCUT2D eigenvalue weighted by molar-refractivity contribution is -0.122. The molecule has 1 amide bonds. The summed E-state index contributed by atoms with van der Waals surface area (Å²) < 4.78 is 0. The molecule has 1 unspecified atom stereocenters. The molecule has 0 saturated carbocycles. The van der Waals surface area contributed by atoms with Crippen LogP contribution >= 0.6 is 0 Å². The van der Waals surface area contributed by atoms with Gasteiger partial charge in [-0.05, 0) is 13.3 Å². The van der Waals surface area contributed by atoms with Crippen LogP contribution in [0.4, 0.5) is 0 Å². The van der Waals surface area contributed by atoms with E-state index in [9.17, 15) is 4.79 Å². The fourth-order valence-electron chi connectivity index (χ4n) is 1.48. The molecule has 1 saturated heterocycles. The molecule has 1 atom stereocenters. The van der Waals surface area contributed by atoms with Crippen molar-refractivity contribution in [3.8, 4) is 0 Å². The Morgan fingerprint density at radius 2 is 2.36 bits per heavy atom. The van der Waals surface area contributed by atoms with E-state index in [2.05, 4.69) is 11.9 Å². The molecule has 2 heteroatoms. The van der Waals surface area contributed by atoms with Crippen molar-refractivity contribution in [1.29, 1.82) is 0 Å². The molecule has 0 aromatic rings. The minimum atomic E-state index is 0.159. The third-order valence-electron chi connectivity index (χ3n) is 2.40. The fourth-order valence-corrected chi connectivity index (χ4v) is 1.48. The van der Waals surface area contributed by atoms with Gasteiger partial charge in [-0.15, -0.1) is 0 Å². The molecule has 1 aliphatic heterocycles. The van der Waals surface area contributed by atoms with Crippen molar-refractivity contribution < 1.29 is 4.79 Å². The summed E-state index contributed by atoms with van der Waals surface area (Å²) in [4.78, 5) is 10.9. The van der Waals surface area contributed by atoms with Crippen molar-refractivity contribution in [2.24, 2.45) is 5.92 Å². The van der Waals surface area contributed by atoms with E-state index in [1.165, 1.54) is 0 Å². The number of hydrogen-bond donors (Lipinski definition) is 1. The summed E-state index contributed by atoms with van der Waals surface area (Å²) in [6.07, 6.45) is 9.51. The number of carbonyl (C=O) groups is 1. The summed E-state index contributed by atoms with van der Waals surface area (Å²) in [6.45, 7) is 6.72. The van der Waals surface area contributed by atoms with Crippen LogP contribution in [-0.2, 0) is 4.79 Å². The molecule has 1 aliphatic rings. The van der Waals surface area contributed by atoms with Gasteiger partial charge in [0, 0.05) is 18.9 Å². The average Bonchev–Trinajstić information content (AvgIpc) is 2.19. The second-order valence-corrected chi connectivity index (χ2v) is 3.50. The molecular formula is C12H17NO. The monoisotopic (exact) mass is 191 g/mol. The standard InChI is InChI=1S/C12H17NO/c1-3-4-5-6-10(2)11-7-8-12(14)13-9-11/h3-6,11H,2,7-9H2,1H3,(H,13,14)/b4-3-,6-5-. The first-order valence-corrected chi connectivity index (χ1v) is 4.99. The third-order valence-corrected chi connectivity index (χ3v) is 2.40. The molecule has 2 nitrogen and oxygen atoms in total. The molecule has 0 spiro atoms. The molecule has 0 radical (unpaired) electrons. The van der Waals surface area contributed by atoms with E-state index in [0.717, 1.165) is 18.5 Å². The van der Waals surface area contributed by atoms with Crippen LogP contribution in [0.15, 0.2) is 36.5 Å². The van der Waals surface area contributed by atoms with Crippen molar-refractivity contribution >= 4 is 5.91 Å². The van der Waals surface area contributed by atoms with E-state index in [1.807, 2.05) is 31.2 Å². The van der Waals surface area contributed by atoms with Crippen LogP contribution in [0.3, 0.4) is 0 Å². The molecular weight excluding hydrogens is 174 g/mol. The van der Waals surface area contributed by atoms with Gasteiger partial charge in [-0.1, -0.05) is 36.5 Å². The quantitative estimate of drug-likeness (QED) is 0.681. The number of hydrogen-bond acceptors (Lipinski definition) is 1. The Bertz CT molecular complexity index is 266. The van der Waals surface area contributed by atoms with Crippen molar-refractivity contribution in [3.05, 3.63) is 36.5 Å². The highest BCUT2D eigenvalue weighted by Crippen LogP contribution is 2.19. The normalized spacial score (nSPS) is 22.9. The van der Waals surface area contributed by atoms with Gasteiger partial charge in [0.2, 0.25) is 5.91 Å². The number of amides is 1. The number of rotatable bonds is 3. The van der Waals surface area contributed by atoms with E-state index in [-0.39, 0.29) is 5.91 Å². The molecule has 1 N–H and O–H groups in total. The van der Waals surface area contributed by atoms with Crippen molar-refractivity contribution in [2.45, 2.75) is 19.8 Å². The Hall–Kier alpha value is -1.31. The van der Waals surface area contributed by atoms with E-state index >= 15 is 0 Å². The second kappa shape index (κ2) is 5.43. The third kappa shape index (κ3) is 3.21. The Morgan fingerprint density at radius 1 is 1.57 bits per heavy atom. The molecule has 0 aromatic carbocycles. The zero-order chi connectivity index (χ0) is 10.4. The fraction of sp³-hybridized carbons (Fsp3) is 0.417. The summed E-state index contributed by atoms with van der Waals surface area (Å²) in [5.41, 5.74) is 1.10. The van der Waals surface area contributed by atoms with Gasteiger partial charge in [0.1, 0.15) is 0 Å². The molecule has 1 rings (SSSR count). The minimum absolute atomic E-state index is 0.159. The average molecular weight is 191 g/mol. The van der Waals surface area contributed by atoms with Gasteiger partial charge in [0.15, 0.2) is 0 Å². The molecule has 0 aliphatic carbocycles. The lowest BCUT2D eigenvalue weighted by Gasteiger charge is -2.22. The Morgan fingerprint density at radius 3 is 2.93 bits per heavy atom. The van der Waals surface area contributed by atoms with Crippen LogP contribution in [0.25, 0.3) is 0 Å². The number of nitrogens with one attached hydrogen (secondary N) is 1. The largest absolute Gasteiger partial charge is 0.355 e. The maximum absolute atomic E-state index is 10.9. The first kappa shape index (κ1) is 10.8. The first-order chi connectivity index (χ1) is 6.74. The predicted molar refractivity (Wildman–Crippen MR) is 58.8 cm³/mol. The zero-order valence-corrected chi connectivity index (χ0v) is 8.62. The van der Waals surface area contributed by atoms with Gasteiger partial charge >= 0.3 is 0 Å². The first-order valence-electron chi connectivity index (χ1n) is 4.99. The van der Waals surface area contributed by atoms with Crippen molar-refractivity contribution in [3.63, 3.8) is 0 Å². The molecule has 0 aromatic heterocycles. The molecule has 14 heavy (non-hydrogen) atoms. The summed E-state index contributed by atoms with van der Waals surface area (Å²) in [7, 11) is 0. The Balaban J connectivity index is 2.41. The second-order valence-electron chi connectivity index (χ2n) is 3.50. The van der Waals surface area contributed by atoms with Gasteiger partial charge in [-0.25, -0.2) is 0 Å². The van der Waals surface area contributed by atoms with Crippen LogP contribution in [-0.4, -0.2) is 12.5 Å². The maximum Gasteiger partial charge on any atom is 0.220 e. The highest BCUT2D eigenvalue weighted by Gasteiger charge is 2.18. The molecule has 0 bridgehead atoms. The van der Waals surface area contributed by atoms with Crippen LogP contribution in [0.5, 0.6) is 0 Å². The van der Waals surface area contributed by atoms with E-state index in [1.54, 1.807) is 0 Å². The van der Waals surface area contributed by atoms with Crippen LogP contribution in [0, 0.1) is 5.92 Å². The van der Waals surface area contributed by atoms with Gasteiger partial charge in [0.25, 0.3) is 0 Å². The van der Waals surface area contributed by atoms with Gasteiger partial charge in [0.05, 0.1) is 0 Å². The highest BCUT2D eigenvalue weighted by molar-refractivity contribution is 5.76. The number of carbonyl (C=O) groups excluding carboxylic acids is 1. The smallest absolute Gasteiger partial charge is 0.220 e. The van der Waals surface area contributed by atoms with Crippen LogP contribution in [0.2, 0.25) is 0 Å². The Kier molecular flexibility index (Phi) is 4.17. The SMILES string of the molecule is C=C(/C=C\C=C/C)C1CCC(=O)NC1. The van der Waals surface area contributed by atoms with Gasteiger partial charge < -0.3 is 5.32 Å². The summed E-state index contributed by atoms with van der Waals surface area (Å²) in [5, 5.41) is 2.85. The van der Waals surface area contributed by atoms with Gasteiger partial charge in [-0.2, -0.15) is 0 Å². The predicted octanol–water partition coefficient (Wildman–Crippen LogP) is 2.20. The van der Waals surface area contributed by atoms with Crippen molar-refractivity contribution in [2.75, 3.05) is 6.54 Å². The summed E-state index contributed by atoms with van der Waals surface area (Å²) in [6, 6.07) is 0. The number of allylic oxidation sites excluding steroid dienone is 4. The van der Waals surface area contributed by atoms with E-state index in [4.69, 9.17) is 0 Å².